The third-order valence-corrected chi connectivity index (χ3v) is 2.95. The fourth-order valence-corrected chi connectivity index (χ4v) is 1.74. The van der Waals surface area contributed by atoms with E-state index in [4.69, 9.17) is 10.8 Å². The highest BCUT2D eigenvalue weighted by molar-refractivity contribution is 5.95. The Hall–Kier alpha value is -1.71. The molecule has 0 heterocycles. The third-order valence-electron chi connectivity index (χ3n) is 2.95. The Kier molecular flexibility index (Phi) is 4.37. The molecule has 0 spiro atoms. The van der Waals surface area contributed by atoms with Crippen molar-refractivity contribution >= 4 is 17.3 Å². The zero-order chi connectivity index (χ0) is 13.0. The van der Waals surface area contributed by atoms with Crippen molar-refractivity contribution in [2.24, 2.45) is 5.92 Å². The van der Waals surface area contributed by atoms with Crippen molar-refractivity contribution in [2.75, 3.05) is 24.2 Å². The van der Waals surface area contributed by atoms with Gasteiger partial charge in [0.15, 0.2) is 0 Å². The second-order valence-electron chi connectivity index (χ2n) is 4.48. The number of carbonyl (C=O) groups is 1. The number of hydrogen-bond acceptors (Lipinski definition) is 3. The second-order valence-corrected chi connectivity index (χ2v) is 4.48. The lowest BCUT2D eigenvalue weighted by Crippen LogP contribution is -2.25. The molecule has 0 aliphatic heterocycles. The molecule has 0 radical (unpaired) electrons. The Bertz CT molecular complexity index is 404. The first kappa shape index (κ1) is 13.4. The molecule has 3 N–H and O–H groups in total. The van der Waals surface area contributed by atoms with E-state index in [9.17, 15) is 4.79 Å². The normalized spacial score (nSPS) is 12.2. The predicted molar refractivity (Wildman–Crippen MR) is 70.5 cm³/mol. The zero-order valence-electron chi connectivity index (χ0n) is 10.6. The maximum atomic E-state index is 11.1. The quantitative estimate of drug-likeness (QED) is 0.771. The summed E-state index contributed by atoms with van der Waals surface area (Å²) in [6.07, 6.45) is 1.06. The number of nitrogens with two attached hydrogens (primary N) is 1. The molecule has 4 nitrogen and oxygen atoms in total. The summed E-state index contributed by atoms with van der Waals surface area (Å²) >= 11 is 0. The van der Waals surface area contributed by atoms with Crippen LogP contribution in [0.2, 0.25) is 0 Å². The standard InChI is InChI=1S/C13H20N2O2/c1-4-9(2)8-15(3)12-7-10(14)5-6-11(12)13(16)17/h5-7,9H,4,8,14H2,1-3H3,(H,16,17). The maximum Gasteiger partial charge on any atom is 0.337 e. The number of benzene rings is 1. The fourth-order valence-electron chi connectivity index (χ4n) is 1.74. The Morgan fingerprint density at radius 2 is 2.18 bits per heavy atom. The van der Waals surface area contributed by atoms with Gasteiger partial charge in [-0.25, -0.2) is 4.79 Å². The second kappa shape index (κ2) is 5.57. The topological polar surface area (TPSA) is 66.6 Å². The Morgan fingerprint density at radius 3 is 2.71 bits per heavy atom. The van der Waals surface area contributed by atoms with Crippen molar-refractivity contribution in [3.05, 3.63) is 23.8 Å². The minimum absolute atomic E-state index is 0.296. The molecule has 0 aliphatic rings. The minimum Gasteiger partial charge on any atom is -0.478 e. The van der Waals surface area contributed by atoms with Crippen LogP contribution in [0.5, 0.6) is 0 Å². The molecule has 1 unspecified atom stereocenters. The summed E-state index contributed by atoms with van der Waals surface area (Å²) in [5.41, 5.74) is 7.27. The van der Waals surface area contributed by atoms with Crippen LogP contribution in [-0.2, 0) is 0 Å². The van der Waals surface area contributed by atoms with Crippen LogP contribution in [0.15, 0.2) is 18.2 Å². The molecular formula is C13H20N2O2. The smallest absolute Gasteiger partial charge is 0.337 e. The van der Waals surface area contributed by atoms with Crippen LogP contribution in [-0.4, -0.2) is 24.7 Å². The van der Waals surface area contributed by atoms with Gasteiger partial charge in [0, 0.05) is 19.3 Å². The van der Waals surface area contributed by atoms with E-state index in [0.717, 1.165) is 13.0 Å². The number of rotatable bonds is 5. The molecule has 17 heavy (non-hydrogen) atoms. The van der Waals surface area contributed by atoms with E-state index in [1.807, 2.05) is 11.9 Å². The van der Waals surface area contributed by atoms with Crippen molar-refractivity contribution in [1.82, 2.24) is 0 Å². The lowest BCUT2D eigenvalue weighted by molar-refractivity contribution is 0.0697. The molecule has 0 saturated carbocycles. The molecule has 0 amide bonds. The number of carboxylic acid groups (broad SMARTS) is 1. The molecule has 1 atom stereocenters. The van der Waals surface area contributed by atoms with Gasteiger partial charge in [-0.3, -0.25) is 0 Å². The van der Waals surface area contributed by atoms with Gasteiger partial charge in [0.1, 0.15) is 0 Å². The summed E-state index contributed by atoms with van der Waals surface area (Å²) < 4.78 is 0. The average molecular weight is 236 g/mol. The van der Waals surface area contributed by atoms with E-state index in [2.05, 4.69) is 13.8 Å². The van der Waals surface area contributed by atoms with E-state index < -0.39 is 5.97 Å². The zero-order valence-corrected chi connectivity index (χ0v) is 10.6. The van der Waals surface area contributed by atoms with Crippen molar-refractivity contribution in [3.8, 4) is 0 Å². The number of carboxylic acids is 1. The van der Waals surface area contributed by atoms with Gasteiger partial charge in [-0.1, -0.05) is 20.3 Å². The number of aromatic carboxylic acids is 1. The van der Waals surface area contributed by atoms with Gasteiger partial charge in [-0.15, -0.1) is 0 Å². The first-order valence-corrected chi connectivity index (χ1v) is 5.79. The summed E-state index contributed by atoms with van der Waals surface area (Å²) in [5, 5.41) is 9.13. The molecule has 0 fully saturated rings. The van der Waals surface area contributed by atoms with E-state index >= 15 is 0 Å². The monoisotopic (exact) mass is 236 g/mol. The van der Waals surface area contributed by atoms with Crippen molar-refractivity contribution in [3.63, 3.8) is 0 Å². The van der Waals surface area contributed by atoms with Gasteiger partial charge < -0.3 is 15.7 Å². The van der Waals surface area contributed by atoms with Crippen LogP contribution in [0.25, 0.3) is 0 Å². The predicted octanol–water partition coefficient (Wildman–Crippen LogP) is 2.45. The fraction of sp³-hybridized carbons (Fsp3) is 0.462. The Morgan fingerprint density at radius 1 is 1.53 bits per heavy atom. The van der Waals surface area contributed by atoms with Crippen LogP contribution < -0.4 is 10.6 Å². The summed E-state index contributed by atoms with van der Waals surface area (Å²) in [7, 11) is 1.90. The van der Waals surface area contributed by atoms with E-state index in [1.54, 1.807) is 18.2 Å². The summed E-state index contributed by atoms with van der Waals surface area (Å²) in [6, 6.07) is 4.88. The molecule has 94 valence electrons. The Labute approximate surface area is 102 Å². The van der Waals surface area contributed by atoms with Gasteiger partial charge in [0.2, 0.25) is 0 Å². The molecule has 0 bridgehead atoms. The van der Waals surface area contributed by atoms with E-state index in [0.29, 0.717) is 22.9 Å². The first-order chi connectivity index (χ1) is 7.95. The van der Waals surface area contributed by atoms with Crippen molar-refractivity contribution in [1.29, 1.82) is 0 Å². The SMILES string of the molecule is CCC(C)CN(C)c1cc(N)ccc1C(=O)O. The number of nitrogens with zero attached hydrogens (tertiary/aromatic N) is 1. The van der Waals surface area contributed by atoms with Gasteiger partial charge in [0.05, 0.1) is 11.3 Å². The minimum atomic E-state index is -0.920. The van der Waals surface area contributed by atoms with Crippen LogP contribution >= 0.6 is 0 Å². The lowest BCUT2D eigenvalue weighted by atomic mass is 10.1. The van der Waals surface area contributed by atoms with Crippen LogP contribution in [0, 0.1) is 5.92 Å². The first-order valence-electron chi connectivity index (χ1n) is 5.79. The number of anilines is 2. The highest BCUT2D eigenvalue weighted by Crippen LogP contribution is 2.23. The molecule has 1 aromatic carbocycles. The number of nitrogen functional groups attached to an aromatic ring is 1. The highest BCUT2D eigenvalue weighted by atomic mass is 16.4. The van der Waals surface area contributed by atoms with E-state index in [1.165, 1.54) is 0 Å². The van der Waals surface area contributed by atoms with E-state index in [-0.39, 0.29) is 0 Å². The molecule has 0 aliphatic carbocycles. The molecule has 4 heteroatoms. The van der Waals surface area contributed by atoms with Crippen LogP contribution in [0.3, 0.4) is 0 Å². The third kappa shape index (κ3) is 3.37. The summed E-state index contributed by atoms with van der Waals surface area (Å²) in [4.78, 5) is 13.1. The largest absolute Gasteiger partial charge is 0.478 e. The lowest BCUT2D eigenvalue weighted by Gasteiger charge is -2.24. The molecule has 0 aromatic heterocycles. The van der Waals surface area contributed by atoms with Gasteiger partial charge in [-0.2, -0.15) is 0 Å². The highest BCUT2D eigenvalue weighted by Gasteiger charge is 2.15. The number of hydrogen-bond donors (Lipinski definition) is 2. The summed E-state index contributed by atoms with van der Waals surface area (Å²) in [5.74, 6) is -0.404. The maximum absolute atomic E-state index is 11.1. The molecular weight excluding hydrogens is 216 g/mol. The summed E-state index contributed by atoms with van der Waals surface area (Å²) in [6.45, 7) is 5.08. The van der Waals surface area contributed by atoms with Gasteiger partial charge in [-0.05, 0) is 24.1 Å². The van der Waals surface area contributed by atoms with Crippen molar-refractivity contribution in [2.45, 2.75) is 20.3 Å². The molecule has 0 saturated heterocycles. The van der Waals surface area contributed by atoms with Gasteiger partial charge >= 0.3 is 5.97 Å². The van der Waals surface area contributed by atoms with Crippen LogP contribution in [0.1, 0.15) is 30.6 Å². The molecule has 1 rings (SSSR count). The Balaban J connectivity index is 3.02. The van der Waals surface area contributed by atoms with Crippen LogP contribution in [0.4, 0.5) is 11.4 Å². The molecule has 1 aromatic rings. The van der Waals surface area contributed by atoms with Gasteiger partial charge in [0.25, 0.3) is 0 Å². The van der Waals surface area contributed by atoms with Crippen molar-refractivity contribution < 1.29 is 9.90 Å². The average Bonchev–Trinajstić information content (AvgIpc) is 2.28.